The Kier molecular flexibility index (Phi) is 6.00. The van der Waals surface area contributed by atoms with Gasteiger partial charge in [-0.2, -0.15) is 8.42 Å². The Morgan fingerprint density at radius 2 is 1.62 bits per heavy atom. The van der Waals surface area contributed by atoms with Crippen molar-refractivity contribution in [2.75, 3.05) is 50.5 Å². The summed E-state index contributed by atoms with van der Waals surface area (Å²) in [4.78, 5) is 3.60. The predicted molar refractivity (Wildman–Crippen MR) is 102 cm³/mol. The van der Waals surface area contributed by atoms with Crippen molar-refractivity contribution >= 4 is 15.8 Å². The van der Waals surface area contributed by atoms with Crippen molar-refractivity contribution in [2.24, 2.45) is 0 Å². The van der Waals surface area contributed by atoms with Crippen LogP contribution in [-0.4, -0.2) is 54.0 Å². The van der Waals surface area contributed by atoms with Crippen LogP contribution in [-0.2, 0) is 10.1 Å². The average molecular weight is 377 g/mol. The van der Waals surface area contributed by atoms with Crippen molar-refractivity contribution in [3.05, 3.63) is 54.6 Å². The molecule has 0 radical (unpaired) electrons. The van der Waals surface area contributed by atoms with Gasteiger partial charge in [0.05, 0.1) is 39.8 Å². The van der Waals surface area contributed by atoms with E-state index in [4.69, 9.17) is 8.92 Å². The maximum absolute atomic E-state index is 12.1. The number of nitrogens with one attached hydrogen (secondary N) is 1. The molecule has 1 heterocycles. The molecule has 1 saturated heterocycles. The summed E-state index contributed by atoms with van der Waals surface area (Å²) in [7, 11) is -1.90. The van der Waals surface area contributed by atoms with Gasteiger partial charge in [-0.3, -0.25) is 0 Å². The van der Waals surface area contributed by atoms with Crippen LogP contribution < -0.4 is 18.7 Å². The second kappa shape index (κ2) is 8.42. The number of hydrogen-bond acceptors (Lipinski definition) is 5. The van der Waals surface area contributed by atoms with E-state index in [9.17, 15) is 8.42 Å². The lowest BCUT2D eigenvalue weighted by molar-refractivity contribution is -0.898. The topological polar surface area (TPSA) is 60.3 Å². The number of quaternary nitrogens is 1. The zero-order valence-electron chi connectivity index (χ0n) is 14.9. The number of benzene rings is 2. The van der Waals surface area contributed by atoms with E-state index in [1.807, 2.05) is 18.2 Å². The van der Waals surface area contributed by atoms with Crippen molar-refractivity contribution in [1.82, 2.24) is 0 Å². The van der Waals surface area contributed by atoms with E-state index in [1.54, 1.807) is 31.4 Å². The summed E-state index contributed by atoms with van der Waals surface area (Å²) in [5.41, 5.74) is 1.17. The van der Waals surface area contributed by atoms with E-state index in [-0.39, 0.29) is 5.75 Å². The van der Waals surface area contributed by atoms with Crippen LogP contribution in [0, 0.1) is 0 Å². The molecule has 0 spiro atoms. The van der Waals surface area contributed by atoms with Gasteiger partial charge in [-0.15, -0.1) is 0 Å². The predicted octanol–water partition coefficient (Wildman–Crippen LogP) is 0.809. The van der Waals surface area contributed by atoms with Crippen LogP contribution in [0.4, 0.5) is 5.69 Å². The monoisotopic (exact) mass is 377 g/mol. The van der Waals surface area contributed by atoms with Crippen LogP contribution >= 0.6 is 0 Å². The van der Waals surface area contributed by atoms with Crippen LogP contribution in [0.15, 0.2) is 54.6 Å². The first kappa shape index (κ1) is 18.5. The van der Waals surface area contributed by atoms with Gasteiger partial charge in [0.15, 0.2) is 0 Å². The molecule has 0 bridgehead atoms. The SMILES string of the molecule is COc1ccc(N2CC[NH+](CCS(=O)(=O)Oc3ccccc3)CC2)cc1. The maximum atomic E-state index is 12.1. The number of hydrogen-bond donors (Lipinski definition) is 1. The molecule has 0 unspecified atom stereocenters. The first-order valence-electron chi connectivity index (χ1n) is 8.75. The van der Waals surface area contributed by atoms with E-state index in [0.29, 0.717) is 12.3 Å². The molecular formula is C19H25N2O4S+. The normalized spacial score (nSPS) is 15.7. The zero-order valence-corrected chi connectivity index (χ0v) is 15.7. The highest BCUT2D eigenvalue weighted by molar-refractivity contribution is 7.87. The fourth-order valence-corrected chi connectivity index (χ4v) is 4.08. The lowest BCUT2D eigenvalue weighted by Gasteiger charge is -2.33. The average Bonchev–Trinajstić information content (AvgIpc) is 2.67. The molecule has 2 aromatic carbocycles. The van der Waals surface area contributed by atoms with E-state index in [0.717, 1.165) is 31.9 Å². The van der Waals surface area contributed by atoms with Gasteiger partial charge in [-0.25, -0.2) is 0 Å². The Balaban J connectivity index is 1.46. The summed E-state index contributed by atoms with van der Waals surface area (Å²) in [6.45, 7) is 4.19. The third-order valence-corrected chi connectivity index (χ3v) is 5.73. The second-order valence-electron chi connectivity index (χ2n) is 6.34. The highest BCUT2D eigenvalue weighted by Crippen LogP contribution is 2.19. The fourth-order valence-electron chi connectivity index (χ4n) is 3.06. The summed E-state index contributed by atoms with van der Waals surface area (Å²) in [6.07, 6.45) is 0. The molecule has 1 aliphatic heterocycles. The van der Waals surface area contributed by atoms with E-state index >= 15 is 0 Å². The van der Waals surface area contributed by atoms with Crippen LogP contribution in [0.25, 0.3) is 0 Å². The lowest BCUT2D eigenvalue weighted by atomic mass is 10.2. The summed E-state index contributed by atoms with van der Waals surface area (Å²) < 4.78 is 34.6. The van der Waals surface area contributed by atoms with Gasteiger partial charge < -0.3 is 18.7 Å². The Labute approximate surface area is 155 Å². The quantitative estimate of drug-likeness (QED) is 0.724. The molecule has 0 aliphatic carbocycles. The summed E-state index contributed by atoms with van der Waals surface area (Å²) in [5.74, 6) is 1.24. The number of para-hydroxylation sites is 1. The number of rotatable bonds is 7. The van der Waals surface area contributed by atoms with E-state index in [2.05, 4.69) is 17.0 Å². The lowest BCUT2D eigenvalue weighted by Crippen LogP contribution is -3.15. The molecule has 26 heavy (non-hydrogen) atoms. The first-order valence-corrected chi connectivity index (χ1v) is 10.3. The summed E-state index contributed by atoms with van der Waals surface area (Å²) in [6, 6.07) is 16.7. The van der Waals surface area contributed by atoms with Gasteiger partial charge >= 0.3 is 10.1 Å². The second-order valence-corrected chi connectivity index (χ2v) is 8.03. The van der Waals surface area contributed by atoms with Crippen molar-refractivity contribution < 1.29 is 22.2 Å². The van der Waals surface area contributed by atoms with Crippen molar-refractivity contribution in [1.29, 1.82) is 0 Å². The smallest absolute Gasteiger partial charge is 0.314 e. The zero-order chi connectivity index (χ0) is 18.4. The molecule has 0 atom stereocenters. The van der Waals surface area contributed by atoms with Crippen LogP contribution in [0.5, 0.6) is 11.5 Å². The van der Waals surface area contributed by atoms with Gasteiger partial charge in [0, 0.05) is 5.69 Å². The number of piperazine rings is 1. The molecule has 0 aromatic heterocycles. The maximum Gasteiger partial charge on any atom is 0.314 e. The minimum Gasteiger partial charge on any atom is -0.497 e. The molecule has 6 nitrogen and oxygen atoms in total. The molecule has 7 heteroatoms. The van der Waals surface area contributed by atoms with Crippen molar-refractivity contribution in [3.8, 4) is 11.5 Å². The molecule has 3 rings (SSSR count). The molecule has 1 fully saturated rings. The van der Waals surface area contributed by atoms with E-state index < -0.39 is 10.1 Å². The standard InChI is InChI=1S/C19H24N2O4S/c1-24-18-9-7-17(8-10-18)21-13-11-20(12-14-21)15-16-26(22,23)25-19-5-3-2-4-6-19/h2-10H,11-16H2,1H3/p+1. The highest BCUT2D eigenvalue weighted by Gasteiger charge is 2.23. The Morgan fingerprint density at radius 3 is 2.23 bits per heavy atom. The number of ether oxygens (including phenoxy) is 1. The van der Waals surface area contributed by atoms with Crippen LogP contribution in [0.2, 0.25) is 0 Å². The van der Waals surface area contributed by atoms with E-state index in [1.165, 1.54) is 10.6 Å². The molecule has 1 N–H and O–H groups in total. The van der Waals surface area contributed by atoms with Gasteiger partial charge in [0.2, 0.25) is 0 Å². The van der Waals surface area contributed by atoms with Gasteiger partial charge in [-0.1, -0.05) is 18.2 Å². The summed E-state index contributed by atoms with van der Waals surface area (Å²) in [5, 5.41) is 0. The highest BCUT2D eigenvalue weighted by atomic mass is 32.2. The molecule has 2 aromatic rings. The molecule has 1 aliphatic rings. The molecule has 140 valence electrons. The fraction of sp³-hybridized carbons (Fsp3) is 0.368. The molecular weight excluding hydrogens is 352 g/mol. The van der Waals surface area contributed by atoms with Crippen molar-refractivity contribution in [2.45, 2.75) is 0 Å². The Hall–Kier alpha value is -2.25. The van der Waals surface area contributed by atoms with Crippen LogP contribution in [0.3, 0.4) is 0 Å². The first-order chi connectivity index (χ1) is 12.6. The van der Waals surface area contributed by atoms with Gasteiger partial charge in [-0.05, 0) is 36.4 Å². The molecule has 0 amide bonds. The number of nitrogens with zero attached hydrogens (tertiary/aromatic N) is 1. The van der Waals surface area contributed by atoms with Crippen molar-refractivity contribution in [3.63, 3.8) is 0 Å². The Bertz CT molecular complexity index is 786. The minimum absolute atomic E-state index is 0.0275. The summed E-state index contributed by atoms with van der Waals surface area (Å²) >= 11 is 0. The third-order valence-electron chi connectivity index (χ3n) is 4.58. The van der Waals surface area contributed by atoms with Gasteiger partial charge in [0.1, 0.15) is 17.3 Å². The minimum atomic E-state index is -3.56. The molecule has 0 saturated carbocycles. The van der Waals surface area contributed by atoms with Gasteiger partial charge in [0.25, 0.3) is 0 Å². The Morgan fingerprint density at radius 1 is 0.962 bits per heavy atom. The third kappa shape index (κ3) is 5.12. The largest absolute Gasteiger partial charge is 0.497 e. The number of methoxy groups -OCH3 is 1. The van der Waals surface area contributed by atoms with Crippen LogP contribution in [0.1, 0.15) is 0 Å². The number of anilines is 1.